The van der Waals surface area contributed by atoms with Gasteiger partial charge < -0.3 is 0 Å². The van der Waals surface area contributed by atoms with Crippen molar-refractivity contribution in [2.75, 3.05) is 7.05 Å². The number of aromatic nitrogens is 1. The molecule has 0 radical (unpaired) electrons. The molecule has 0 fully saturated rings. The number of halogens is 1. The van der Waals surface area contributed by atoms with Crippen LogP contribution < -0.4 is 4.72 Å². The summed E-state index contributed by atoms with van der Waals surface area (Å²) < 4.78 is 18.2. The summed E-state index contributed by atoms with van der Waals surface area (Å²) >= 11 is 5.65. The molecule has 0 aliphatic carbocycles. The van der Waals surface area contributed by atoms with Gasteiger partial charge in [-0.05, 0) is 25.6 Å². The van der Waals surface area contributed by atoms with Gasteiger partial charge >= 0.3 is 0 Å². The maximum atomic E-state index is 12.2. The van der Waals surface area contributed by atoms with E-state index in [1.54, 1.807) is 25.2 Å². The zero-order chi connectivity index (χ0) is 12.2. The van der Waals surface area contributed by atoms with Crippen molar-refractivity contribution < 1.29 is 4.21 Å². The minimum atomic E-state index is -2.79. The fourth-order valence-electron chi connectivity index (χ4n) is 1.17. The van der Waals surface area contributed by atoms with Crippen LogP contribution in [0.1, 0.15) is 17.7 Å². The van der Waals surface area contributed by atoms with Gasteiger partial charge in [-0.15, -0.1) is 4.36 Å². The lowest BCUT2D eigenvalue weighted by molar-refractivity contribution is 0.662. The molecule has 86 valence electrons. The Balaban J connectivity index is 3.16. The summed E-state index contributed by atoms with van der Waals surface area (Å²) in [5.74, 6) is 0. The zero-order valence-corrected chi connectivity index (χ0v) is 10.4. The Hall–Kier alpha value is -1.16. The lowest BCUT2D eigenvalue weighted by Crippen LogP contribution is -2.23. The Kier molecular flexibility index (Phi) is 4.24. The minimum absolute atomic E-state index is 0.365. The summed E-state index contributed by atoms with van der Waals surface area (Å²) in [4.78, 5) is 3.90. The van der Waals surface area contributed by atoms with Gasteiger partial charge in [0.05, 0.1) is 5.25 Å². The first-order valence-electron chi connectivity index (χ1n) is 4.47. The van der Waals surface area contributed by atoms with Gasteiger partial charge in [0.25, 0.3) is 0 Å². The summed E-state index contributed by atoms with van der Waals surface area (Å²) in [5, 5.41) is 8.42. The fourth-order valence-corrected chi connectivity index (χ4v) is 2.52. The van der Waals surface area contributed by atoms with Crippen molar-refractivity contribution in [1.29, 1.82) is 5.26 Å². The number of pyridine rings is 1. The quantitative estimate of drug-likeness (QED) is 0.664. The molecule has 0 bridgehead atoms. The molecule has 1 N–H and O–H groups in total. The fraction of sp³-hybridized carbons (Fsp3) is 0.333. The molecule has 0 aliphatic heterocycles. The van der Waals surface area contributed by atoms with E-state index in [2.05, 4.69) is 14.1 Å². The average molecular weight is 259 g/mol. The highest BCUT2D eigenvalue weighted by Gasteiger charge is 2.19. The minimum Gasteiger partial charge on any atom is -0.244 e. The van der Waals surface area contributed by atoms with Gasteiger partial charge in [0, 0.05) is 6.20 Å². The molecule has 0 saturated carbocycles. The predicted octanol–water partition coefficient (Wildman–Crippen LogP) is 1.88. The monoisotopic (exact) mass is 258 g/mol. The van der Waals surface area contributed by atoms with Crippen LogP contribution in [0.4, 0.5) is 0 Å². The number of nitrogens with one attached hydrogen (secondary N) is 1. The predicted molar refractivity (Wildman–Crippen MR) is 62.9 cm³/mol. The van der Waals surface area contributed by atoms with Crippen LogP contribution in [-0.4, -0.2) is 16.2 Å². The van der Waals surface area contributed by atoms with Crippen LogP contribution in [0.15, 0.2) is 22.7 Å². The van der Waals surface area contributed by atoms with E-state index < -0.39 is 15.2 Å². The van der Waals surface area contributed by atoms with Crippen LogP contribution in [0.5, 0.6) is 0 Å². The molecule has 1 aromatic rings. The Bertz CT molecular complexity index is 513. The standard InChI is InChI=1S/C9H11ClN4OS/c1-7(16(15,12-2)14-6-11)8-3-4-9(10)13-5-8/h3-5,7H,1-2H3,(H,12,14,15). The van der Waals surface area contributed by atoms with Crippen molar-refractivity contribution in [3.05, 3.63) is 29.0 Å². The number of hydrogen-bond acceptors (Lipinski definition) is 4. The van der Waals surface area contributed by atoms with E-state index in [-0.39, 0.29) is 0 Å². The molecular formula is C9H11ClN4OS. The zero-order valence-electron chi connectivity index (χ0n) is 8.85. The maximum Gasteiger partial charge on any atom is 0.215 e. The highest BCUT2D eigenvalue weighted by atomic mass is 35.5. The summed E-state index contributed by atoms with van der Waals surface area (Å²) in [6.07, 6.45) is 3.09. The van der Waals surface area contributed by atoms with Gasteiger partial charge in [0.1, 0.15) is 15.1 Å². The van der Waals surface area contributed by atoms with E-state index in [9.17, 15) is 4.21 Å². The lowest BCUT2D eigenvalue weighted by atomic mass is 10.2. The average Bonchev–Trinajstić information content (AvgIpc) is 2.29. The molecule has 5 nitrogen and oxygen atoms in total. The van der Waals surface area contributed by atoms with Gasteiger partial charge in [-0.3, -0.25) is 0 Å². The first-order valence-corrected chi connectivity index (χ1v) is 6.43. The molecule has 0 saturated heterocycles. The highest BCUT2D eigenvalue weighted by Crippen LogP contribution is 2.22. The van der Waals surface area contributed by atoms with Crippen molar-refractivity contribution in [1.82, 2.24) is 9.71 Å². The molecule has 16 heavy (non-hydrogen) atoms. The second kappa shape index (κ2) is 5.25. The first-order chi connectivity index (χ1) is 7.53. The molecule has 2 unspecified atom stereocenters. The largest absolute Gasteiger partial charge is 0.244 e. The van der Waals surface area contributed by atoms with E-state index in [0.717, 1.165) is 0 Å². The van der Waals surface area contributed by atoms with Crippen LogP contribution in [0, 0.1) is 11.5 Å². The molecular weight excluding hydrogens is 248 g/mol. The molecule has 1 heterocycles. The Morgan fingerprint density at radius 3 is 2.81 bits per heavy atom. The molecule has 0 amide bonds. The molecule has 1 aromatic heterocycles. The third-order valence-electron chi connectivity index (χ3n) is 2.17. The van der Waals surface area contributed by atoms with Crippen LogP contribution >= 0.6 is 11.6 Å². The number of rotatable bonds is 3. The normalized spacial score (nSPS) is 15.9. The van der Waals surface area contributed by atoms with E-state index in [4.69, 9.17) is 16.9 Å². The van der Waals surface area contributed by atoms with Crippen molar-refractivity contribution in [3.63, 3.8) is 0 Å². The van der Waals surface area contributed by atoms with Crippen LogP contribution in [0.3, 0.4) is 0 Å². The van der Waals surface area contributed by atoms with Crippen molar-refractivity contribution in [2.24, 2.45) is 4.36 Å². The van der Waals surface area contributed by atoms with Crippen LogP contribution in [-0.2, 0) is 9.92 Å². The van der Waals surface area contributed by atoms with E-state index in [0.29, 0.717) is 10.7 Å². The van der Waals surface area contributed by atoms with Gasteiger partial charge in [-0.1, -0.05) is 17.7 Å². The molecule has 0 aromatic carbocycles. The van der Waals surface area contributed by atoms with Crippen LogP contribution in [0.2, 0.25) is 5.15 Å². The summed E-state index contributed by atoms with van der Waals surface area (Å²) in [7, 11) is -1.29. The SMILES string of the molecule is CNS(=O)(=NC#N)C(C)c1ccc(Cl)nc1. The topological polar surface area (TPSA) is 78.1 Å². The van der Waals surface area contributed by atoms with Gasteiger partial charge in [-0.2, -0.15) is 5.26 Å². The van der Waals surface area contributed by atoms with Gasteiger partial charge in [0.15, 0.2) is 0 Å². The van der Waals surface area contributed by atoms with E-state index in [1.807, 2.05) is 0 Å². The summed E-state index contributed by atoms with van der Waals surface area (Å²) in [6.45, 7) is 1.71. The van der Waals surface area contributed by atoms with Gasteiger partial charge in [-0.25, -0.2) is 13.9 Å². The highest BCUT2D eigenvalue weighted by molar-refractivity contribution is 7.92. The first kappa shape index (κ1) is 12.9. The lowest BCUT2D eigenvalue weighted by Gasteiger charge is -2.15. The summed E-state index contributed by atoms with van der Waals surface area (Å²) in [6, 6.07) is 3.32. The van der Waals surface area contributed by atoms with Crippen molar-refractivity contribution in [2.45, 2.75) is 12.2 Å². The third-order valence-corrected chi connectivity index (χ3v) is 4.56. The van der Waals surface area contributed by atoms with Crippen molar-refractivity contribution in [3.8, 4) is 6.19 Å². The molecule has 0 aliphatic rings. The molecule has 2 atom stereocenters. The van der Waals surface area contributed by atoms with E-state index in [1.165, 1.54) is 13.2 Å². The van der Waals surface area contributed by atoms with Crippen molar-refractivity contribution >= 4 is 21.5 Å². The Morgan fingerprint density at radius 1 is 1.69 bits per heavy atom. The maximum absolute atomic E-state index is 12.2. The second-order valence-electron chi connectivity index (χ2n) is 3.02. The van der Waals surface area contributed by atoms with Crippen LogP contribution in [0.25, 0.3) is 0 Å². The van der Waals surface area contributed by atoms with E-state index >= 15 is 0 Å². The third kappa shape index (κ3) is 2.70. The molecule has 0 spiro atoms. The Labute approximate surface area is 99.8 Å². The second-order valence-corrected chi connectivity index (χ2v) is 5.84. The summed E-state index contributed by atoms with van der Waals surface area (Å²) in [5.41, 5.74) is 0.711. The van der Waals surface area contributed by atoms with Gasteiger partial charge in [0.2, 0.25) is 6.19 Å². The number of hydrogen-bond donors (Lipinski definition) is 1. The number of nitrogens with zero attached hydrogens (tertiary/aromatic N) is 3. The molecule has 7 heteroatoms. The number of nitriles is 1. The molecule has 1 rings (SSSR count). The Morgan fingerprint density at radius 2 is 2.38 bits per heavy atom. The smallest absolute Gasteiger partial charge is 0.215 e.